The zero-order valence-electron chi connectivity index (χ0n) is 24.1. The maximum Gasteiger partial charge on any atom is 0.328 e. The third-order valence-electron chi connectivity index (χ3n) is 7.07. The first-order valence-electron chi connectivity index (χ1n) is 13.9. The fraction of sp³-hybridized carbons (Fsp3) is 0.852. The first-order valence-corrected chi connectivity index (χ1v) is 14.3. The second kappa shape index (κ2) is 16.3. The molecule has 1 aliphatic heterocycles. The zero-order valence-corrected chi connectivity index (χ0v) is 24.9. The molecule has 38 heavy (non-hydrogen) atoms. The molecule has 1 fully saturated rings. The van der Waals surface area contributed by atoms with Gasteiger partial charge in [-0.2, -0.15) is 0 Å². The molecule has 220 valence electrons. The molecule has 11 heteroatoms. The minimum absolute atomic E-state index is 0.0350. The lowest BCUT2D eigenvalue weighted by atomic mass is 9.93. The van der Waals surface area contributed by atoms with Gasteiger partial charge in [0.05, 0.1) is 25.2 Å². The summed E-state index contributed by atoms with van der Waals surface area (Å²) >= 11 is 5.78. The van der Waals surface area contributed by atoms with Crippen molar-refractivity contribution in [2.75, 3.05) is 13.2 Å². The largest absolute Gasteiger partial charge is 0.464 e. The average Bonchev–Trinajstić information content (AvgIpc) is 3.32. The number of hydrogen-bond donors (Lipinski definition) is 4. The number of carbonyl (C=O) groups excluding carboxylic acids is 4. The third-order valence-corrected chi connectivity index (χ3v) is 7.32. The normalized spacial score (nSPS) is 19.0. The van der Waals surface area contributed by atoms with Crippen LogP contribution in [-0.2, 0) is 23.9 Å². The Morgan fingerprint density at radius 1 is 1.16 bits per heavy atom. The van der Waals surface area contributed by atoms with Crippen LogP contribution < -0.4 is 15.5 Å². The number of carbonyl (C=O) groups is 4. The van der Waals surface area contributed by atoms with E-state index in [0.29, 0.717) is 32.4 Å². The SMILES string of the molecule is CCCCOC(=O)[C@@H]1CCCN1C(=O)[C@H](CC(C)C)NC(=O)C(C)(C)NC(=O)C[C@H](O)[C@H](NCl)[C@@H](C)CC. The molecule has 0 radical (unpaired) electrons. The molecule has 3 amide bonds. The van der Waals surface area contributed by atoms with Crippen molar-refractivity contribution in [3.05, 3.63) is 0 Å². The van der Waals surface area contributed by atoms with E-state index in [0.717, 1.165) is 19.3 Å². The van der Waals surface area contributed by atoms with Crippen molar-refractivity contribution in [2.45, 2.75) is 123 Å². The second-order valence-corrected chi connectivity index (χ2v) is 11.5. The van der Waals surface area contributed by atoms with Crippen LogP contribution >= 0.6 is 11.8 Å². The summed E-state index contributed by atoms with van der Waals surface area (Å²) in [5.41, 5.74) is -1.35. The Bertz CT molecular complexity index is 794. The number of nitrogens with one attached hydrogen (secondary N) is 3. The predicted molar refractivity (Wildman–Crippen MR) is 147 cm³/mol. The van der Waals surface area contributed by atoms with Crippen LogP contribution in [0.1, 0.15) is 93.4 Å². The quantitative estimate of drug-likeness (QED) is 0.129. The van der Waals surface area contributed by atoms with Crippen LogP contribution in [0.4, 0.5) is 0 Å². The number of halogens is 1. The second-order valence-electron chi connectivity index (χ2n) is 11.3. The van der Waals surface area contributed by atoms with Crippen LogP contribution in [-0.4, -0.2) is 76.6 Å². The van der Waals surface area contributed by atoms with Crippen molar-refractivity contribution in [1.29, 1.82) is 0 Å². The van der Waals surface area contributed by atoms with Crippen LogP contribution in [0, 0.1) is 11.8 Å². The van der Waals surface area contributed by atoms with Crippen LogP contribution in [0.3, 0.4) is 0 Å². The van der Waals surface area contributed by atoms with Gasteiger partial charge in [-0.15, -0.1) is 0 Å². The Balaban J connectivity index is 2.90. The molecular formula is C27H49ClN4O6. The summed E-state index contributed by atoms with van der Waals surface area (Å²) in [6.45, 7) is 13.6. The van der Waals surface area contributed by atoms with Gasteiger partial charge in [-0.1, -0.05) is 47.5 Å². The van der Waals surface area contributed by atoms with E-state index in [4.69, 9.17) is 16.5 Å². The highest BCUT2D eigenvalue weighted by Gasteiger charge is 2.40. The molecule has 0 aromatic heterocycles. The fourth-order valence-electron chi connectivity index (χ4n) is 4.51. The number of ether oxygens (including phenoxy) is 1. The summed E-state index contributed by atoms with van der Waals surface area (Å²) in [5, 5.41) is 16.0. The highest BCUT2D eigenvalue weighted by molar-refractivity contribution is 6.13. The number of nitrogens with zero attached hydrogens (tertiary/aromatic N) is 1. The predicted octanol–water partition coefficient (Wildman–Crippen LogP) is 2.66. The molecule has 4 N–H and O–H groups in total. The van der Waals surface area contributed by atoms with Crippen LogP contribution in [0.5, 0.6) is 0 Å². The Morgan fingerprint density at radius 3 is 2.37 bits per heavy atom. The van der Waals surface area contributed by atoms with E-state index in [2.05, 4.69) is 15.5 Å². The smallest absolute Gasteiger partial charge is 0.328 e. The van der Waals surface area contributed by atoms with E-state index in [-0.39, 0.29) is 24.2 Å². The molecule has 0 aliphatic carbocycles. The molecule has 0 spiro atoms. The standard InChI is InChI=1S/C27H49ClN4O6/c1-8-10-14-38-25(36)20-12-11-13-32(20)24(35)19(15-17(3)4)29-26(37)27(6,7)30-22(34)16-21(33)23(31-28)18(5)9-2/h17-21,23,31,33H,8-16H2,1-7H3,(H,29,37)(H,30,34)/t18-,19-,20-,21-,23+/m0/s1. The van der Waals surface area contributed by atoms with Gasteiger partial charge in [0.2, 0.25) is 17.7 Å². The molecule has 1 heterocycles. The van der Waals surface area contributed by atoms with Crippen LogP contribution in [0.2, 0.25) is 0 Å². The lowest BCUT2D eigenvalue weighted by molar-refractivity contribution is -0.154. The van der Waals surface area contributed by atoms with Crippen molar-refractivity contribution in [3.63, 3.8) is 0 Å². The average molecular weight is 561 g/mol. The Labute approximate surface area is 233 Å². The molecular weight excluding hydrogens is 512 g/mol. The molecule has 0 bridgehead atoms. The maximum atomic E-state index is 13.5. The molecule has 0 aromatic carbocycles. The van der Waals surface area contributed by atoms with E-state index < -0.39 is 47.6 Å². The van der Waals surface area contributed by atoms with Gasteiger partial charge >= 0.3 is 5.97 Å². The monoisotopic (exact) mass is 560 g/mol. The van der Waals surface area contributed by atoms with Gasteiger partial charge in [0.1, 0.15) is 17.6 Å². The number of aliphatic hydroxyl groups excluding tert-OH is 1. The van der Waals surface area contributed by atoms with Crippen LogP contribution in [0.25, 0.3) is 0 Å². The van der Waals surface area contributed by atoms with Gasteiger partial charge < -0.3 is 25.4 Å². The number of unbranched alkanes of at least 4 members (excludes halogenated alkanes) is 1. The molecule has 1 rings (SSSR count). The molecule has 0 saturated carbocycles. The van der Waals surface area contributed by atoms with Gasteiger partial charge in [-0.3, -0.25) is 14.4 Å². The summed E-state index contributed by atoms with van der Waals surface area (Å²) in [6, 6.07) is -2.00. The summed E-state index contributed by atoms with van der Waals surface area (Å²) < 4.78 is 5.36. The molecule has 5 atom stereocenters. The maximum absolute atomic E-state index is 13.5. The van der Waals surface area contributed by atoms with Gasteiger partial charge in [-0.25, -0.2) is 9.63 Å². The summed E-state index contributed by atoms with van der Waals surface area (Å²) in [5.74, 6) is -1.66. The highest BCUT2D eigenvalue weighted by atomic mass is 35.5. The Morgan fingerprint density at radius 2 is 1.82 bits per heavy atom. The molecule has 1 saturated heterocycles. The molecule has 10 nitrogen and oxygen atoms in total. The Kier molecular flexibility index (Phi) is 14.6. The topological polar surface area (TPSA) is 137 Å². The summed E-state index contributed by atoms with van der Waals surface area (Å²) in [4.78, 5) is 56.1. The lowest BCUT2D eigenvalue weighted by Gasteiger charge is -2.32. The van der Waals surface area contributed by atoms with Gasteiger partial charge in [-0.05, 0) is 63.1 Å². The summed E-state index contributed by atoms with van der Waals surface area (Å²) in [7, 11) is 0. The van der Waals surface area contributed by atoms with Gasteiger partial charge in [0, 0.05) is 6.54 Å². The van der Waals surface area contributed by atoms with E-state index >= 15 is 0 Å². The van der Waals surface area contributed by atoms with E-state index in [1.807, 2.05) is 34.6 Å². The lowest BCUT2D eigenvalue weighted by Crippen LogP contribution is -2.60. The van der Waals surface area contributed by atoms with Gasteiger partial charge in [0.25, 0.3) is 0 Å². The molecule has 1 aliphatic rings. The fourth-order valence-corrected chi connectivity index (χ4v) is 4.87. The number of likely N-dealkylation sites (tertiary alicyclic amines) is 1. The van der Waals surface area contributed by atoms with Crippen molar-refractivity contribution < 1.29 is 29.0 Å². The number of aliphatic hydroxyl groups is 1. The number of esters is 1. The minimum atomic E-state index is -1.35. The first-order chi connectivity index (χ1) is 17.8. The first kappa shape index (κ1) is 34.1. The third kappa shape index (κ3) is 10.3. The van der Waals surface area contributed by atoms with E-state index in [9.17, 15) is 24.3 Å². The Hall–Kier alpha value is -1.91. The highest BCUT2D eigenvalue weighted by Crippen LogP contribution is 2.22. The van der Waals surface area contributed by atoms with Crippen molar-refractivity contribution >= 4 is 35.5 Å². The van der Waals surface area contributed by atoms with Crippen molar-refractivity contribution in [1.82, 2.24) is 20.4 Å². The minimum Gasteiger partial charge on any atom is -0.464 e. The number of rotatable bonds is 16. The van der Waals surface area contributed by atoms with Gasteiger partial charge in [0.15, 0.2) is 0 Å². The zero-order chi connectivity index (χ0) is 29.0. The molecule has 0 aromatic rings. The van der Waals surface area contributed by atoms with E-state index in [1.54, 1.807) is 13.8 Å². The number of hydrogen-bond acceptors (Lipinski definition) is 7. The van der Waals surface area contributed by atoms with Crippen LogP contribution in [0.15, 0.2) is 0 Å². The van der Waals surface area contributed by atoms with E-state index in [1.165, 1.54) is 4.90 Å². The number of amides is 3. The summed E-state index contributed by atoms with van der Waals surface area (Å²) in [6.07, 6.45) is 2.72. The van der Waals surface area contributed by atoms with Crippen molar-refractivity contribution in [3.8, 4) is 0 Å². The van der Waals surface area contributed by atoms with Crippen molar-refractivity contribution in [2.24, 2.45) is 11.8 Å². The molecule has 0 unspecified atom stereocenters.